The largest absolute Gasteiger partial charge is 0.491 e. The first-order valence-electron chi connectivity index (χ1n) is 10.9. The molecule has 1 fully saturated rings. The first kappa shape index (κ1) is 25.3. The molecule has 2 amide bonds. The van der Waals surface area contributed by atoms with Crippen LogP contribution in [0.3, 0.4) is 0 Å². The van der Waals surface area contributed by atoms with Crippen LogP contribution in [0.5, 0.6) is 5.75 Å². The molecule has 3 rings (SSSR count). The molecule has 1 saturated heterocycles. The van der Waals surface area contributed by atoms with E-state index >= 15 is 0 Å². The van der Waals surface area contributed by atoms with Crippen molar-refractivity contribution in [2.45, 2.75) is 36.7 Å². The number of amides is 2. The van der Waals surface area contributed by atoms with E-state index in [-0.39, 0.29) is 22.8 Å². The molecule has 11 heteroatoms. The lowest BCUT2D eigenvalue weighted by Crippen LogP contribution is -2.24. The lowest BCUT2D eigenvalue weighted by molar-refractivity contribution is -0.121. The number of benzene rings is 2. The molecule has 34 heavy (non-hydrogen) atoms. The first-order valence-corrected chi connectivity index (χ1v) is 12.4. The van der Waals surface area contributed by atoms with Gasteiger partial charge in [-0.25, -0.2) is 19.0 Å². The Kier molecular flexibility index (Phi) is 9.14. The zero-order chi connectivity index (χ0) is 24.4. The van der Waals surface area contributed by atoms with Gasteiger partial charge in [0.05, 0.1) is 17.7 Å². The number of hydrogen-bond donors (Lipinski definition) is 3. The number of nitrogens with one attached hydrogen (secondary N) is 2. The standard InChI is InChI=1S/C23H28N4O6S/c24-34(30,31)21-11-7-18(8-12-21)23(29)25-13-3-1-2-4-22(28)27-26-14-17-5-9-19(10-6-17)32-15-20-16-33-20/h5-12,14,20H,1-4,13,15-16H2,(H,25,29)(H,27,28)(H2,24,30,31)/b26-14+. The van der Waals surface area contributed by atoms with E-state index in [1.807, 2.05) is 24.3 Å². The Morgan fingerprint density at radius 2 is 1.79 bits per heavy atom. The summed E-state index contributed by atoms with van der Waals surface area (Å²) < 4.78 is 33.1. The highest BCUT2D eigenvalue weighted by Crippen LogP contribution is 2.15. The van der Waals surface area contributed by atoms with Crippen molar-refractivity contribution in [1.29, 1.82) is 0 Å². The third kappa shape index (κ3) is 8.93. The molecule has 0 radical (unpaired) electrons. The van der Waals surface area contributed by atoms with Gasteiger partial charge >= 0.3 is 0 Å². The summed E-state index contributed by atoms with van der Waals surface area (Å²) in [5, 5.41) is 11.8. The molecule has 2 aromatic rings. The van der Waals surface area contributed by atoms with Crippen LogP contribution < -0.4 is 20.6 Å². The third-order valence-electron chi connectivity index (χ3n) is 4.93. The molecule has 1 atom stereocenters. The van der Waals surface area contributed by atoms with Crippen molar-refractivity contribution >= 4 is 28.1 Å². The zero-order valence-electron chi connectivity index (χ0n) is 18.6. The van der Waals surface area contributed by atoms with Crippen molar-refractivity contribution in [1.82, 2.24) is 10.7 Å². The second-order valence-corrected chi connectivity index (χ2v) is 9.33. The van der Waals surface area contributed by atoms with Gasteiger partial charge in [0.1, 0.15) is 18.5 Å². The van der Waals surface area contributed by atoms with Gasteiger partial charge in [0.25, 0.3) is 5.91 Å². The van der Waals surface area contributed by atoms with E-state index < -0.39 is 10.0 Å². The second-order valence-electron chi connectivity index (χ2n) is 7.76. The van der Waals surface area contributed by atoms with E-state index in [0.717, 1.165) is 24.3 Å². The van der Waals surface area contributed by atoms with E-state index in [4.69, 9.17) is 14.6 Å². The minimum absolute atomic E-state index is 0.0470. The molecular weight excluding hydrogens is 460 g/mol. The van der Waals surface area contributed by atoms with Crippen molar-refractivity contribution in [3.8, 4) is 5.75 Å². The van der Waals surface area contributed by atoms with Gasteiger partial charge in [0.2, 0.25) is 15.9 Å². The maximum atomic E-state index is 12.1. The molecule has 182 valence electrons. The summed E-state index contributed by atoms with van der Waals surface area (Å²) in [6.07, 6.45) is 4.23. The van der Waals surface area contributed by atoms with Gasteiger partial charge in [-0.15, -0.1) is 0 Å². The molecule has 0 aliphatic carbocycles. The van der Waals surface area contributed by atoms with E-state index in [0.29, 0.717) is 38.0 Å². The topological polar surface area (TPSA) is 152 Å². The number of hydrazone groups is 1. The lowest BCUT2D eigenvalue weighted by Gasteiger charge is -2.06. The predicted molar refractivity (Wildman–Crippen MR) is 126 cm³/mol. The van der Waals surface area contributed by atoms with Gasteiger partial charge in [-0.05, 0) is 66.9 Å². The molecule has 1 heterocycles. The predicted octanol–water partition coefficient (Wildman–Crippen LogP) is 1.55. The molecule has 0 aromatic heterocycles. The normalized spacial score (nSPS) is 15.1. The maximum absolute atomic E-state index is 12.1. The molecule has 1 unspecified atom stereocenters. The summed E-state index contributed by atoms with van der Waals surface area (Å²) in [6.45, 7) is 1.75. The summed E-state index contributed by atoms with van der Waals surface area (Å²) in [4.78, 5) is 23.9. The SMILES string of the molecule is NS(=O)(=O)c1ccc(C(=O)NCCCCCC(=O)N/N=C/c2ccc(OCC3CO3)cc2)cc1. The van der Waals surface area contributed by atoms with Crippen LogP contribution in [0.1, 0.15) is 41.6 Å². The number of epoxide rings is 1. The van der Waals surface area contributed by atoms with Crippen LogP contribution in [0.4, 0.5) is 0 Å². The lowest BCUT2D eigenvalue weighted by atomic mass is 10.2. The Labute approximate surface area is 198 Å². The third-order valence-corrected chi connectivity index (χ3v) is 5.86. The average Bonchev–Trinajstić information content (AvgIpc) is 3.65. The van der Waals surface area contributed by atoms with E-state index in [2.05, 4.69) is 15.8 Å². The maximum Gasteiger partial charge on any atom is 0.251 e. The van der Waals surface area contributed by atoms with Gasteiger partial charge in [-0.1, -0.05) is 6.42 Å². The van der Waals surface area contributed by atoms with E-state index in [1.165, 1.54) is 24.3 Å². The fourth-order valence-electron chi connectivity index (χ4n) is 2.93. The minimum atomic E-state index is -3.79. The second kappa shape index (κ2) is 12.3. The van der Waals surface area contributed by atoms with Crippen molar-refractivity contribution < 1.29 is 27.5 Å². The van der Waals surface area contributed by atoms with Crippen LogP contribution in [0.25, 0.3) is 0 Å². The van der Waals surface area contributed by atoms with Crippen molar-refractivity contribution in [2.24, 2.45) is 10.2 Å². The summed E-state index contributed by atoms with van der Waals surface area (Å²) in [7, 11) is -3.79. The van der Waals surface area contributed by atoms with Gasteiger partial charge in [0.15, 0.2) is 0 Å². The number of nitrogens with two attached hydrogens (primary N) is 1. The monoisotopic (exact) mass is 488 g/mol. The first-order chi connectivity index (χ1) is 16.3. The van der Waals surface area contributed by atoms with E-state index in [9.17, 15) is 18.0 Å². The summed E-state index contributed by atoms with van der Waals surface area (Å²) in [6, 6.07) is 12.8. The Hall–Kier alpha value is -3.28. The van der Waals surface area contributed by atoms with Crippen LogP contribution in [0.15, 0.2) is 58.5 Å². The molecule has 2 aromatic carbocycles. The van der Waals surface area contributed by atoms with Gasteiger partial charge in [-0.2, -0.15) is 5.10 Å². The van der Waals surface area contributed by atoms with Crippen molar-refractivity contribution in [3.05, 3.63) is 59.7 Å². The molecular formula is C23H28N4O6S. The highest BCUT2D eigenvalue weighted by molar-refractivity contribution is 7.89. The number of nitrogens with zero attached hydrogens (tertiary/aromatic N) is 1. The molecule has 1 aliphatic rings. The zero-order valence-corrected chi connectivity index (χ0v) is 19.4. The number of unbranched alkanes of at least 4 members (excludes halogenated alkanes) is 2. The van der Waals surface area contributed by atoms with Gasteiger partial charge in [-0.3, -0.25) is 9.59 Å². The molecule has 10 nitrogen and oxygen atoms in total. The summed E-state index contributed by atoms with van der Waals surface area (Å²) >= 11 is 0. The number of hydrogen-bond acceptors (Lipinski definition) is 7. The Morgan fingerprint density at radius 1 is 1.09 bits per heavy atom. The fraction of sp³-hybridized carbons (Fsp3) is 0.348. The minimum Gasteiger partial charge on any atom is -0.491 e. The molecule has 0 bridgehead atoms. The molecule has 0 spiro atoms. The van der Waals surface area contributed by atoms with Crippen LogP contribution in [0.2, 0.25) is 0 Å². The number of carbonyl (C=O) groups excluding carboxylic acids is 2. The summed E-state index contributed by atoms with van der Waals surface area (Å²) in [5.74, 6) is 0.275. The van der Waals surface area contributed by atoms with Crippen molar-refractivity contribution in [3.63, 3.8) is 0 Å². The molecule has 1 aliphatic heterocycles. The smallest absolute Gasteiger partial charge is 0.251 e. The van der Waals surface area contributed by atoms with Crippen LogP contribution >= 0.6 is 0 Å². The number of ether oxygens (including phenoxy) is 2. The van der Waals surface area contributed by atoms with Gasteiger partial charge < -0.3 is 14.8 Å². The number of primary sulfonamides is 1. The van der Waals surface area contributed by atoms with Crippen LogP contribution in [0, 0.1) is 0 Å². The van der Waals surface area contributed by atoms with Gasteiger partial charge in [0, 0.05) is 18.5 Å². The highest BCUT2D eigenvalue weighted by Gasteiger charge is 2.22. The fourth-order valence-corrected chi connectivity index (χ4v) is 3.44. The molecule has 0 saturated carbocycles. The van der Waals surface area contributed by atoms with E-state index in [1.54, 1.807) is 6.21 Å². The Balaban J connectivity index is 1.25. The molecule has 4 N–H and O–H groups in total. The Bertz CT molecular complexity index is 1100. The Morgan fingerprint density at radius 3 is 2.44 bits per heavy atom. The number of rotatable bonds is 13. The average molecular weight is 489 g/mol. The quantitative estimate of drug-likeness (QED) is 0.168. The van der Waals surface area contributed by atoms with Crippen LogP contribution in [-0.4, -0.2) is 52.3 Å². The number of carbonyl (C=O) groups is 2. The number of sulfonamides is 1. The van der Waals surface area contributed by atoms with Crippen molar-refractivity contribution in [2.75, 3.05) is 19.8 Å². The summed E-state index contributed by atoms with van der Waals surface area (Å²) in [5.41, 5.74) is 3.69. The van der Waals surface area contributed by atoms with Crippen LogP contribution in [-0.2, 0) is 19.6 Å². The highest BCUT2D eigenvalue weighted by atomic mass is 32.2.